The Morgan fingerprint density at radius 1 is 1.58 bits per heavy atom. The standard InChI is InChI=1S/C10H10FN3O4S/c1-2-8(6-12)19(17,18)13-9-5-7(11)3-4-10(9)14(15)16/h3-5,8,13H,2H2,1H3. The Labute approximate surface area is 108 Å². The predicted molar refractivity (Wildman–Crippen MR) is 65.3 cm³/mol. The summed E-state index contributed by atoms with van der Waals surface area (Å²) in [5.74, 6) is -0.826. The van der Waals surface area contributed by atoms with Crippen molar-refractivity contribution in [2.75, 3.05) is 4.72 Å². The van der Waals surface area contributed by atoms with E-state index in [1.54, 1.807) is 6.07 Å². The Morgan fingerprint density at radius 3 is 2.68 bits per heavy atom. The molecule has 0 saturated heterocycles. The van der Waals surface area contributed by atoms with Crippen molar-refractivity contribution in [2.45, 2.75) is 18.6 Å². The van der Waals surface area contributed by atoms with Gasteiger partial charge in [-0.05, 0) is 12.5 Å². The Bertz CT molecular complexity index is 639. The van der Waals surface area contributed by atoms with E-state index in [9.17, 15) is 22.9 Å². The fraction of sp³-hybridized carbons (Fsp3) is 0.300. The van der Waals surface area contributed by atoms with Crippen molar-refractivity contribution in [3.05, 3.63) is 34.1 Å². The van der Waals surface area contributed by atoms with E-state index in [1.807, 2.05) is 4.72 Å². The van der Waals surface area contributed by atoms with Gasteiger partial charge in [0.25, 0.3) is 5.69 Å². The lowest BCUT2D eigenvalue weighted by atomic mass is 10.3. The van der Waals surface area contributed by atoms with Crippen molar-refractivity contribution in [1.82, 2.24) is 0 Å². The highest BCUT2D eigenvalue weighted by atomic mass is 32.2. The van der Waals surface area contributed by atoms with Gasteiger partial charge in [0.15, 0.2) is 5.25 Å². The molecule has 19 heavy (non-hydrogen) atoms. The number of nitro groups is 1. The summed E-state index contributed by atoms with van der Waals surface area (Å²) in [5, 5.41) is 18.0. The lowest BCUT2D eigenvalue weighted by Gasteiger charge is -2.11. The summed E-state index contributed by atoms with van der Waals surface area (Å²) in [6.45, 7) is 1.48. The number of halogens is 1. The van der Waals surface area contributed by atoms with Crippen LogP contribution in [0.25, 0.3) is 0 Å². The number of nitriles is 1. The van der Waals surface area contributed by atoms with E-state index in [0.29, 0.717) is 6.07 Å². The lowest BCUT2D eigenvalue weighted by molar-refractivity contribution is -0.383. The van der Waals surface area contributed by atoms with Crippen molar-refractivity contribution in [3.8, 4) is 6.07 Å². The van der Waals surface area contributed by atoms with E-state index < -0.39 is 37.4 Å². The lowest BCUT2D eigenvalue weighted by Crippen LogP contribution is -2.26. The molecule has 9 heteroatoms. The molecule has 0 fully saturated rings. The molecule has 0 amide bonds. The Hall–Kier alpha value is -2.21. The van der Waals surface area contributed by atoms with E-state index in [2.05, 4.69) is 0 Å². The minimum atomic E-state index is -4.13. The maximum absolute atomic E-state index is 13.0. The van der Waals surface area contributed by atoms with Crippen molar-refractivity contribution >= 4 is 21.4 Å². The number of hydrogen-bond donors (Lipinski definition) is 1. The molecule has 0 aromatic heterocycles. The highest BCUT2D eigenvalue weighted by Crippen LogP contribution is 2.26. The van der Waals surface area contributed by atoms with Crippen LogP contribution in [0, 0.1) is 27.3 Å². The third-order valence-corrected chi connectivity index (χ3v) is 3.99. The van der Waals surface area contributed by atoms with Crippen LogP contribution in [0.15, 0.2) is 18.2 Å². The van der Waals surface area contributed by atoms with Crippen LogP contribution in [0.5, 0.6) is 0 Å². The number of rotatable bonds is 5. The summed E-state index contributed by atoms with van der Waals surface area (Å²) in [4.78, 5) is 9.87. The molecule has 0 aliphatic heterocycles. The first kappa shape index (κ1) is 14.8. The van der Waals surface area contributed by atoms with Crippen LogP contribution in [0.4, 0.5) is 15.8 Å². The summed E-state index contributed by atoms with van der Waals surface area (Å²) >= 11 is 0. The maximum Gasteiger partial charge on any atom is 0.293 e. The van der Waals surface area contributed by atoms with Crippen LogP contribution in [0.3, 0.4) is 0 Å². The van der Waals surface area contributed by atoms with E-state index in [4.69, 9.17) is 5.26 Å². The maximum atomic E-state index is 13.0. The SMILES string of the molecule is CCC(C#N)S(=O)(=O)Nc1cc(F)ccc1[N+](=O)[O-]. The van der Waals surface area contributed by atoms with Gasteiger partial charge in [-0.15, -0.1) is 0 Å². The van der Waals surface area contributed by atoms with Crippen LogP contribution in [-0.4, -0.2) is 18.6 Å². The average molecular weight is 287 g/mol. The molecule has 0 aliphatic rings. The predicted octanol–water partition coefficient (Wildman–Crippen LogP) is 1.78. The van der Waals surface area contributed by atoms with Crippen LogP contribution in [-0.2, 0) is 10.0 Å². The van der Waals surface area contributed by atoms with Crippen molar-refractivity contribution in [2.24, 2.45) is 0 Å². The average Bonchev–Trinajstić information content (AvgIpc) is 2.28. The largest absolute Gasteiger partial charge is 0.293 e. The number of benzene rings is 1. The second-order valence-electron chi connectivity index (χ2n) is 3.59. The normalized spacial score (nSPS) is 12.5. The van der Waals surface area contributed by atoms with Gasteiger partial charge in [-0.2, -0.15) is 5.26 Å². The molecular weight excluding hydrogens is 277 g/mol. The fourth-order valence-corrected chi connectivity index (χ4v) is 2.54. The van der Waals surface area contributed by atoms with Gasteiger partial charge in [0.2, 0.25) is 10.0 Å². The molecule has 0 aliphatic carbocycles. The quantitative estimate of drug-likeness (QED) is 0.655. The van der Waals surface area contributed by atoms with E-state index in [-0.39, 0.29) is 6.42 Å². The smallest absolute Gasteiger partial charge is 0.276 e. The third kappa shape index (κ3) is 3.38. The van der Waals surface area contributed by atoms with Crippen LogP contribution in [0.2, 0.25) is 0 Å². The molecule has 102 valence electrons. The molecule has 1 unspecified atom stereocenters. The first-order valence-corrected chi connectivity index (χ1v) is 6.71. The molecule has 0 heterocycles. The first-order valence-electron chi connectivity index (χ1n) is 5.17. The number of nitro benzene ring substituents is 1. The molecule has 1 N–H and O–H groups in total. The van der Waals surface area contributed by atoms with Crippen LogP contribution < -0.4 is 4.72 Å². The van der Waals surface area contributed by atoms with Crippen LogP contribution >= 0.6 is 0 Å². The summed E-state index contributed by atoms with van der Waals surface area (Å²) < 4.78 is 38.4. The molecule has 1 aromatic rings. The number of nitrogens with zero attached hydrogens (tertiary/aromatic N) is 2. The monoisotopic (exact) mass is 287 g/mol. The third-order valence-electron chi connectivity index (χ3n) is 2.30. The Balaban J connectivity index is 3.23. The topological polar surface area (TPSA) is 113 Å². The van der Waals surface area contributed by atoms with E-state index in [0.717, 1.165) is 12.1 Å². The number of hydrogen-bond acceptors (Lipinski definition) is 5. The van der Waals surface area contributed by atoms with Crippen LogP contribution in [0.1, 0.15) is 13.3 Å². The Kier molecular flexibility index (Phi) is 4.39. The van der Waals surface area contributed by atoms with Crippen molar-refractivity contribution < 1.29 is 17.7 Å². The van der Waals surface area contributed by atoms with E-state index in [1.165, 1.54) is 6.92 Å². The minimum absolute atomic E-state index is 0.00888. The molecule has 1 rings (SSSR count). The Morgan fingerprint density at radius 2 is 2.21 bits per heavy atom. The molecule has 0 saturated carbocycles. The summed E-state index contributed by atoms with van der Waals surface area (Å²) in [6.07, 6.45) is 0.00888. The zero-order chi connectivity index (χ0) is 14.6. The second kappa shape index (κ2) is 5.62. The summed E-state index contributed by atoms with van der Waals surface area (Å²) in [5.41, 5.74) is -1.09. The zero-order valence-electron chi connectivity index (χ0n) is 9.83. The highest BCUT2D eigenvalue weighted by Gasteiger charge is 2.26. The first-order chi connectivity index (χ1) is 8.81. The second-order valence-corrected chi connectivity index (χ2v) is 5.45. The van der Waals surface area contributed by atoms with Crippen molar-refractivity contribution in [1.29, 1.82) is 5.26 Å². The molecular formula is C10H10FN3O4S. The van der Waals surface area contributed by atoms with Crippen molar-refractivity contribution in [3.63, 3.8) is 0 Å². The molecule has 7 nitrogen and oxygen atoms in total. The number of nitrogens with one attached hydrogen (secondary N) is 1. The summed E-state index contributed by atoms with van der Waals surface area (Å²) in [7, 11) is -4.13. The highest BCUT2D eigenvalue weighted by molar-refractivity contribution is 7.93. The van der Waals surface area contributed by atoms with Gasteiger partial charge in [0, 0.05) is 12.1 Å². The van der Waals surface area contributed by atoms with E-state index >= 15 is 0 Å². The molecule has 1 aromatic carbocycles. The van der Waals surface area contributed by atoms with Gasteiger partial charge in [0.1, 0.15) is 11.5 Å². The van der Waals surface area contributed by atoms with Gasteiger partial charge in [-0.25, -0.2) is 12.8 Å². The van der Waals surface area contributed by atoms with Gasteiger partial charge in [-0.3, -0.25) is 14.8 Å². The molecule has 0 spiro atoms. The zero-order valence-corrected chi connectivity index (χ0v) is 10.6. The molecule has 1 atom stereocenters. The summed E-state index contributed by atoms with van der Waals surface area (Å²) in [6, 6.07) is 3.95. The minimum Gasteiger partial charge on any atom is -0.276 e. The van der Waals surface area contributed by atoms with Gasteiger partial charge < -0.3 is 0 Å². The number of sulfonamides is 1. The van der Waals surface area contributed by atoms with Gasteiger partial charge in [0.05, 0.1) is 11.0 Å². The molecule has 0 radical (unpaired) electrons. The molecule has 0 bridgehead atoms. The van der Waals surface area contributed by atoms with Gasteiger partial charge in [-0.1, -0.05) is 6.92 Å². The number of anilines is 1. The fourth-order valence-electron chi connectivity index (χ4n) is 1.35. The van der Waals surface area contributed by atoms with Gasteiger partial charge >= 0.3 is 0 Å².